The summed E-state index contributed by atoms with van der Waals surface area (Å²) in [6.45, 7) is 2.86. The van der Waals surface area contributed by atoms with Crippen LogP contribution in [0.2, 0.25) is 5.02 Å². The van der Waals surface area contributed by atoms with Crippen molar-refractivity contribution in [3.05, 3.63) is 29.3 Å². The minimum absolute atomic E-state index is 0. The molecule has 5 N–H and O–H groups in total. The Morgan fingerprint density at radius 2 is 1.81 bits per heavy atom. The van der Waals surface area contributed by atoms with Crippen LogP contribution in [0.25, 0.3) is 0 Å². The van der Waals surface area contributed by atoms with Gasteiger partial charge >= 0.3 is 0 Å². The normalized spacial score (nSPS) is 11.9. The molecular formula is C14H23Cl2N5. The van der Waals surface area contributed by atoms with E-state index in [1.165, 1.54) is 12.8 Å². The molecule has 21 heavy (non-hydrogen) atoms. The molecule has 0 spiro atoms. The monoisotopic (exact) mass is 331 g/mol. The number of anilines is 1. The Morgan fingerprint density at radius 3 is 2.43 bits per heavy atom. The summed E-state index contributed by atoms with van der Waals surface area (Å²) in [5, 5.41) is 3.58. The smallest absolute Gasteiger partial charge is 0.218 e. The zero-order valence-corrected chi connectivity index (χ0v) is 13.8. The molecule has 0 heterocycles. The highest BCUT2D eigenvalue weighted by atomic mass is 35.5. The third kappa shape index (κ3) is 9.15. The molecule has 0 aliphatic heterocycles. The predicted octanol–water partition coefficient (Wildman–Crippen LogP) is 3.38. The van der Waals surface area contributed by atoms with E-state index in [0.717, 1.165) is 18.5 Å². The van der Waals surface area contributed by atoms with E-state index >= 15 is 0 Å². The van der Waals surface area contributed by atoms with Gasteiger partial charge in [-0.05, 0) is 30.7 Å². The maximum atomic E-state index is 5.80. The third-order valence-electron chi connectivity index (χ3n) is 2.64. The average molecular weight is 332 g/mol. The molecule has 1 rings (SSSR count). The SMILES string of the molecule is CCCCCCN=C(N)N=C(N)Nc1ccc(Cl)cc1.Cl. The van der Waals surface area contributed by atoms with Gasteiger partial charge in [0.2, 0.25) is 11.9 Å². The number of nitrogens with two attached hydrogens (primary N) is 2. The predicted molar refractivity (Wildman–Crippen MR) is 94.6 cm³/mol. The zero-order valence-electron chi connectivity index (χ0n) is 12.2. The highest BCUT2D eigenvalue weighted by Crippen LogP contribution is 2.12. The third-order valence-corrected chi connectivity index (χ3v) is 2.89. The molecule has 1 aromatic carbocycles. The zero-order chi connectivity index (χ0) is 14.8. The molecule has 0 saturated carbocycles. The van der Waals surface area contributed by atoms with E-state index < -0.39 is 0 Å². The number of guanidine groups is 2. The van der Waals surface area contributed by atoms with Gasteiger partial charge in [-0.1, -0.05) is 37.8 Å². The van der Waals surface area contributed by atoms with E-state index in [1.54, 1.807) is 12.1 Å². The van der Waals surface area contributed by atoms with Crippen molar-refractivity contribution in [1.82, 2.24) is 0 Å². The average Bonchev–Trinajstić information content (AvgIpc) is 2.41. The van der Waals surface area contributed by atoms with Crippen molar-refractivity contribution in [2.75, 3.05) is 11.9 Å². The van der Waals surface area contributed by atoms with Crippen molar-refractivity contribution in [3.8, 4) is 0 Å². The largest absolute Gasteiger partial charge is 0.369 e. The first-order valence-corrected chi connectivity index (χ1v) is 7.16. The van der Waals surface area contributed by atoms with E-state index in [0.29, 0.717) is 11.6 Å². The van der Waals surface area contributed by atoms with Gasteiger partial charge in [-0.3, -0.25) is 4.99 Å². The standard InChI is InChI=1S/C14H22ClN5.ClH/c1-2-3-4-5-10-18-13(16)20-14(17)19-12-8-6-11(15)7-9-12;/h6-9H,2-5,10H2,1H3,(H5,16,17,18,19,20);1H. The molecule has 5 nitrogen and oxygen atoms in total. The van der Waals surface area contributed by atoms with Crippen molar-refractivity contribution in [2.45, 2.75) is 32.6 Å². The van der Waals surface area contributed by atoms with Crippen molar-refractivity contribution >= 4 is 41.6 Å². The van der Waals surface area contributed by atoms with Crippen molar-refractivity contribution in [3.63, 3.8) is 0 Å². The fourth-order valence-electron chi connectivity index (χ4n) is 1.60. The first kappa shape index (κ1) is 19.5. The highest BCUT2D eigenvalue weighted by molar-refractivity contribution is 6.30. The number of aliphatic imine (C=N–C) groups is 2. The fraction of sp³-hybridized carbons (Fsp3) is 0.429. The van der Waals surface area contributed by atoms with Gasteiger partial charge in [0.1, 0.15) is 0 Å². The topological polar surface area (TPSA) is 88.8 Å². The molecule has 0 aliphatic rings. The van der Waals surface area contributed by atoms with Crippen LogP contribution in [0, 0.1) is 0 Å². The number of halogens is 2. The van der Waals surface area contributed by atoms with Gasteiger partial charge < -0.3 is 16.8 Å². The van der Waals surface area contributed by atoms with Crippen LogP contribution in [-0.2, 0) is 0 Å². The Kier molecular flexibility index (Phi) is 10.4. The van der Waals surface area contributed by atoms with E-state index in [1.807, 2.05) is 12.1 Å². The summed E-state index contributed by atoms with van der Waals surface area (Å²) in [6.07, 6.45) is 4.61. The molecular weight excluding hydrogens is 309 g/mol. The minimum atomic E-state index is 0. The van der Waals surface area contributed by atoms with Crippen LogP contribution in [0.3, 0.4) is 0 Å². The summed E-state index contributed by atoms with van der Waals surface area (Å²) in [5.41, 5.74) is 12.2. The molecule has 0 unspecified atom stereocenters. The van der Waals surface area contributed by atoms with Crippen LogP contribution >= 0.6 is 24.0 Å². The molecule has 0 fully saturated rings. The fourth-order valence-corrected chi connectivity index (χ4v) is 1.73. The van der Waals surface area contributed by atoms with E-state index in [4.69, 9.17) is 23.1 Å². The number of rotatable bonds is 6. The Balaban J connectivity index is 0.00000400. The summed E-state index contributed by atoms with van der Waals surface area (Å²) in [5.74, 6) is 0.405. The van der Waals surface area contributed by atoms with Gasteiger partial charge in [0, 0.05) is 17.3 Å². The molecule has 7 heteroatoms. The highest BCUT2D eigenvalue weighted by Gasteiger charge is 1.96. The lowest BCUT2D eigenvalue weighted by molar-refractivity contribution is 0.674. The second kappa shape index (κ2) is 11.2. The van der Waals surface area contributed by atoms with Crippen LogP contribution in [0.15, 0.2) is 34.3 Å². The molecule has 0 aliphatic carbocycles. The summed E-state index contributed by atoms with van der Waals surface area (Å²) in [4.78, 5) is 8.15. The van der Waals surface area contributed by atoms with Gasteiger partial charge in [-0.2, -0.15) is 4.99 Å². The van der Waals surface area contributed by atoms with Crippen LogP contribution in [-0.4, -0.2) is 18.5 Å². The number of hydrogen-bond acceptors (Lipinski definition) is 1. The molecule has 1 aromatic rings. The second-order valence-electron chi connectivity index (χ2n) is 4.43. The number of benzene rings is 1. The molecule has 0 atom stereocenters. The summed E-state index contributed by atoms with van der Waals surface area (Å²) in [7, 11) is 0. The van der Waals surface area contributed by atoms with Gasteiger partial charge in [0.05, 0.1) is 0 Å². The Bertz CT molecular complexity index is 457. The van der Waals surface area contributed by atoms with E-state index in [9.17, 15) is 0 Å². The lowest BCUT2D eigenvalue weighted by Crippen LogP contribution is -2.26. The van der Waals surface area contributed by atoms with Gasteiger partial charge in [-0.15, -0.1) is 12.4 Å². The first-order chi connectivity index (χ1) is 9.61. The molecule has 0 bridgehead atoms. The molecule has 118 valence electrons. The van der Waals surface area contributed by atoms with Crippen LogP contribution < -0.4 is 16.8 Å². The number of unbranched alkanes of at least 4 members (excludes halogenated alkanes) is 3. The van der Waals surface area contributed by atoms with Crippen molar-refractivity contribution < 1.29 is 0 Å². The molecule has 0 amide bonds. The number of nitrogens with one attached hydrogen (secondary N) is 1. The number of nitrogens with zero attached hydrogens (tertiary/aromatic N) is 2. The molecule has 0 saturated heterocycles. The first-order valence-electron chi connectivity index (χ1n) is 6.78. The van der Waals surface area contributed by atoms with Crippen LogP contribution in [0.4, 0.5) is 5.69 Å². The van der Waals surface area contributed by atoms with E-state index in [-0.39, 0.29) is 24.3 Å². The molecule has 0 aromatic heterocycles. The Labute approximate surface area is 137 Å². The summed E-state index contributed by atoms with van der Waals surface area (Å²) in [6, 6.07) is 7.15. The Hall–Kier alpha value is -1.46. The van der Waals surface area contributed by atoms with Gasteiger partial charge in [-0.25, -0.2) is 0 Å². The lowest BCUT2D eigenvalue weighted by atomic mass is 10.2. The maximum absolute atomic E-state index is 5.80. The lowest BCUT2D eigenvalue weighted by Gasteiger charge is -2.05. The van der Waals surface area contributed by atoms with Crippen molar-refractivity contribution in [1.29, 1.82) is 0 Å². The number of hydrogen-bond donors (Lipinski definition) is 3. The summed E-state index contributed by atoms with van der Waals surface area (Å²) >= 11 is 5.80. The maximum Gasteiger partial charge on any atom is 0.218 e. The van der Waals surface area contributed by atoms with Gasteiger partial charge in [0.25, 0.3) is 0 Å². The van der Waals surface area contributed by atoms with Crippen molar-refractivity contribution in [2.24, 2.45) is 21.5 Å². The second-order valence-corrected chi connectivity index (χ2v) is 4.87. The van der Waals surface area contributed by atoms with Crippen LogP contribution in [0.1, 0.15) is 32.6 Å². The quantitative estimate of drug-likeness (QED) is 0.424. The van der Waals surface area contributed by atoms with Crippen LogP contribution in [0.5, 0.6) is 0 Å². The summed E-state index contributed by atoms with van der Waals surface area (Å²) < 4.78 is 0. The van der Waals surface area contributed by atoms with E-state index in [2.05, 4.69) is 22.2 Å². The van der Waals surface area contributed by atoms with Gasteiger partial charge in [0.15, 0.2) is 0 Å². The minimum Gasteiger partial charge on any atom is -0.369 e. The Morgan fingerprint density at radius 1 is 1.14 bits per heavy atom. The molecule has 0 radical (unpaired) electrons.